The fourth-order valence-corrected chi connectivity index (χ4v) is 3.38. The Labute approximate surface area is 94.2 Å². The van der Waals surface area contributed by atoms with Gasteiger partial charge in [0.05, 0.1) is 12.2 Å². The highest BCUT2D eigenvalue weighted by atomic mass is 127. The summed E-state index contributed by atoms with van der Waals surface area (Å²) in [6, 6.07) is 0. The van der Waals surface area contributed by atoms with Crippen molar-refractivity contribution >= 4 is 45.2 Å². The van der Waals surface area contributed by atoms with E-state index < -0.39 is 0 Å². The Morgan fingerprint density at radius 2 is 1.82 bits per heavy atom. The summed E-state index contributed by atoms with van der Waals surface area (Å²) in [5.41, 5.74) is 0.178. The SMILES string of the molecule is IC1=C(I)C2(CCCC2)OC1. The average Bonchev–Trinajstić information content (AvgIpc) is 2.56. The van der Waals surface area contributed by atoms with E-state index in [9.17, 15) is 0 Å². The van der Waals surface area contributed by atoms with Crippen molar-refractivity contribution in [1.82, 2.24) is 0 Å². The Morgan fingerprint density at radius 3 is 2.27 bits per heavy atom. The molecule has 0 saturated heterocycles. The van der Waals surface area contributed by atoms with Gasteiger partial charge in [-0.2, -0.15) is 0 Å². The quantitative estimate of drug-likeness (QED) is 0.589. The number of hydrogen-bond acceptors (Lipinski definition) is 1. The van der Waals surface area contributed by atoms with E-state index in [2.05, 4.69) is 45.2 Å². The number of ether oxygens (including phenoxy) is 1. The number of rotatable bonds is 0. The Kier molecular flexibility index (Phi) is 2.49. The van der Waals surface area contributed by atoms with Gasteiger partial charge in [-0.25, -0.2) is 0 Å². The highest BCUT2D eigenvalue weighted by molar-refractivity contribution is 14.1. The Bertz CT molecular complexity index is 204. The first-order valence-corrected chi connectivity index (χ1v) is 6.09. The van der Waals surface area contributed by atoms with E-state index in [1.54, 1.807) is 0 Å². The zero-order chi connectivity index (χ0) is 7.90. The van der Waals surface area contributed by atoms with Gasteiger partial charge >= 0.3 is 0 Å². The van der Waals surface area contributed by atoms with E-state index in [-0.39, 0.29) is 5.60 Å². The molecule has 0 N–H and O–H groups in total. The van der Waals surface area contributed by atoms with Crippen LogP contribution in [0.4, 0.5) is 0 Å². The van der Waals surface area contributed by atoms with Gasteiger partial charge in [0.25, 0.3) is 0 Å². The van der Waals surface area contributed by atoms with Crippen LogP contribution in [-0.4, -0.2) is 12.2 Å². The molecule has 1 aliphatic heterocycles. The molecule has 1 saturated carbocycles. The standard InChI is InChI=1S/C8H10I2O/c9-6-5-11-8(7(6)10)3-1-2-4-8/h1-5H2. The average molecular weight is 376 g/mol. The minimum absolute atomic E-state index is 0.178. The first kappa shape index (κ1) is 8.74. The van der Waals surface area contributed by atoms with Crippen molar-refractivity contribution in [2.75, 3.05) is 6.61 Å². The molecule has 11 heavy (non-hydrogen) atoms. The van der Waals surface area contributed by atoms with Crippen LogP contribution in [0.25, 0.3) is 0 Å². The molecule has 2 aliphatic rings. The molecule has 1 aliphatic carbocycles. The molecule has 0 aromatic carbocycles. The topological polar surface area (TPSA) is 9.23 Å². The molecule has 0 radical (unpaired) electrons. The Hall–Kier alpha value is 1.16. The van der Waals surface area contributed by atoms with E-state index >= 15 is 0 Å². The highest BCUT2D eigenvalue weighted by Gasteiger charge is 2.42. The van der Waals surface area contributed by atoms with E-state index in [0.717, 1.165) is 6.61 Å². The number of hydrogen-bond donors (Lipinski definition) is 0. The van der Waals surface area contributed by atoms with Crippen molar-refractivity contribution in [2.24, 2.45) is 0 Å². The maximum absolute atomic E-state index is 5.84. The second-order valence-corrected chi connectivity index (χ2v) is 5.59. The third-order valence-electron chi connectivity index (χ3n) is 2.52. The normalized spacial score (nSPS) is 28.9. The highest BCUT2D eigenvalue weighted by Crippen LogP contribution is 2.48. The summed E-state index contributed by atoms with van der Waals surface area (Å²) in [5.74, 6) is 0. The van der Waals surface area contributed by atoms with Gasteiger partial charge in [-0.15, -0.1) is 0 Å². The van der Waals surface area contributed by atoms with Crippen LogP contribution in [0.15, 0.2) is 7.16 Å². The lowest BCUT2D eigenvalue weighted by molar-refractivity contribution is 0.0308. The molecule has 1 nitrogen and oxygen atoms in total. The molecule has 1 fully saturated rings. The van der Waals surface area contributed by atoms with Gasteiger partial charge in [-0.05, 0) is 58.0 Å². The first-order valence-electron chi connectivity index (χ1n) is 3.93. The zero-order valence-electron chi connectivity index (χ0n) is 6.20. The van der Waals surface area contributed by atoms with Crippen LogP contribution in [0.3, 0.4) is 0 Å². The van der Waals surface area contributed by atoms with E-state index in [1.807, 2.05) is 0 Å². The lowest BCUT2D eigenvalue weighted by atomic mass is 10.0. The molecule has 3 heteroatoms. The third-order valence-corrected chi connectivity index (χ3v) is 6.04. The molecule has 2 rings (SSSR count). The summed E-state index contributed by atoms with van der Waals surface area (Å²) in [4.78, 5) is 0. The second-order valence-electron chi connectivity index (χ2n) is 3.21. The van der Waals surface area contributed by atoms with Crippen LogP contribution in [-0.2, 0) is 4.74 Å². The molecular weight excluding hydrogens is 366 g/mol. The van der Waals surface area contributed by atoms with Crippen LogP contribution < -0.4 is 0 Å². The van der Waals surface area contributed by atoms with E-state index in [1.165, 1.54) is 32.8 Å². The Morgan fingerprint density at radius 1 is 1.18 bits per heavy atom. The van der Waals surface area contributed by atoms with E-state index in [4.69, 9.17) is 4.74 Å². The monoisotopic (exact) mass is 376 g/mol. The second kappa shape index (κ2) is 3.14. The third kappa shape index (κ3) is 1.37. The minimum atomic E-state index is 0.178. The summed E-state index contributed by atoms with van der Waals surface area (Å²) in [5, 5.41) is 0. The van der Waals surface area contributed by atoms with Crippen molar-refractivity contribution in [1.29, 1.82) is 0 Å². The van der Waals surface area contributed by atoms with Crippen LogP contribution in [0.1, 0.15) is 25.7 Å². The first-order chi connectivity index (χ1) is 5.25. The molecule has 0 atom stereocenters. The molecule has 0 aromatic heterocycles. The van der Waals surface area contributed by atoms with Crippen LogP contribution in [0, 0.1) is 0 Å². The largest absolute Gasteiger partial charge is 0.365 e. The molecular formula is C8H10I2O. The zero-order valence-corrected chi connectivity index (χ0v) is 10.5. The summed E-state index contributed by atoms with van der Waals surface area (Å²) >= 11 is 4.86. The van der Waals surface area contributed by atoms with Gasteiger partial charge in [-0.3, -0.25) is 0 Å². The van der Waals surface area contributed by atoms with Crippen molar-refractivity contribution in [3.8, 4) is 0 Å². The van der Waals surface area contributed by atoms with Crippen molar-refractivity contribution in [3.63, 3.8) is 0 Å². The van der Waals surface area contributed by atoms with E-state index in [0.29, 0.717) is 0 Å². The van der Waals surface area contributed by atoms with Gasteiger partial charge in [0, 0.05) is 7.16 Å². The van der Waals surface area contributed by atoms with Gasteiger partial charge in [0.2, 0.25) is 0 Å². The van der Waals surface area contributed by atoms with Gasteiger partial charge in [0.1, 0.15) is 0 Å². The summed E-state index contributed by atoms with van der Waals surface area (Å²) < 4.78 is 8.74. The van der Waals surface area contributed by atoms with Gasteiger partial charge in [-0.1, -0.05) is 12.8 Å². The predicted molar refractivity (Wildman–Crippen MR) is 62.2 cm³/mol. The smallest absolute Gasteiger partial charge is 0.1000 e. The fraction of sp³-hybridized carbons (Fsp3) is 0.750. The Balaban J connectivity index is 2.27. The maximum Gasteiger partial charge on any atom is 0.1000 e. The molecule has 1 heterocycles. The lowest BCUT2D eigenvalue weighted by Gasteiger charge is -2.22. The molecule has 0 aromatic rings. The summed E-state index contributed by atoms with van der Waals surface area (Å²) in [7, 11) is 0. The molecule has 0 unspecified atom stereocenters. The molecule has 0 amide bonds. The molecule has 62 valence electrons. The summed E-state index contributed by atoms with van der Waals surface area (Å²) in [6.45, 7) is 0.860. The van der Waals surface area contributed by atoms with Crippen LogP contribution >= 0.6 is 45.2 Å². The van der Waals surface area contributed by atoms with Crippen molar-refractivity contribution in [3.05, 3.63) is 7.16 Å². The number of halogens is 2. The molecule has 0 bridgehead atoms. The lowest BCUT2D eigenvalue weighted by Crippen LogP contribution is -2.24. The fourth-order valence-electron chi connectivity index (χ4n) is 1.89. The van der Waals surface area contributed by atoms with Crippen molar-refractivity contribution in [2.45, 2.75) is 31.3 Å². The van der Waals surface area contributed by atoms with Crippen LogP contribution in [0.2, 0.25) is 0 Å². The minimum Gasteiger partial charge on any atom is -0.365 e. The maximum atomic E-state index is 5.84. The van der Waals surface area contributed by atoms with Crippen molar-refractivity contribution < 1.29 is 4.74 Å². The van der Waals surface area contributed by atoms with Gasteiger partial charge in [0.15, 0.2) is 0 Å². The molecule has 1 spiro atoms. The predicted octanol–water partition coefficient (Wildman–Crippen LogP) is 3.41. The summed E-state index contributed by atoms with van der Waals surface area (Å²) in [6.07, 6.45) is 5.18. The van der Waals surface area contributed by atoms with Crippen LogP contribution in [0.5, 0.6) is 0 Å². The van der Waals surface area contributed by atoms with Gasteiger partial charge < -0.3 is 4.74 Å².